The number of rotatable bonds is 5. The number of carbonyl (C=O) groups is 1. The first-order valence-corrected chi connectivity index (χ1v) is 9.79. The molecule has 9 heteroatoms. The third-order valence-corrected chi connectivity index (χ3v) is 5.39. The molecule has 0 aliphatic carbocycles. The summed E-state index contributed by atoms with van der Waals surface area (Å²) in [5.41, 5.74) is 0.821. The lowest BCUT2D eigenvalue weighted by molar-refractivity contribution is 0.102. The van der Waals surface area contributed by atoms with Crippen LogP contribution >= 0.6 is 0 Å². The number of hydrogen-bond acceptors (Lipinski definition) is 3. The first-order chi connectivity index (χ1) is 13.7. The number of sulfonamides is 1. The van der Waals surface area contributed by atoms with Gasteiger partial charge < -0.3 is 5.32 Å². The molecule has 0 spiro atoms. The fourth-order valence-electron chi connectivity index (χ4n) is 2.43. The molecule has 2 N–H and O–H groups in total. The molecule has 0 heterocycles. The summed E-state index contributed by atoms with van der Waals surface area (Å²) in [6.45, 7) is 1.87. The van der Waals surface area contributed by atoms with Gasteiger partial charge in [0.15, 0.2) is 11.6 Å². The van der Waals surface area contributed by atoms with E-state index in [9.17, 15) is 26.4 Å². The van der Waals surface area contributed by atoms with Crippen LogP contribution in [-0.2, 0) is 10.0 Å². The van der Waals surface area contributed by atoms with Crippen molar-refractivity contribution >= 4 is 27.3 Å². The van der Waals surface area contributed by atoms with E-state index in [0.717, 1.165) is 5.56 Å². The Labute approximate surface area is 165 Å². The predicted octanol–water partition coefficient (Wildman–Crippen LogP) is 4.47. The van der Waals surface area contributed by atoms with Crippen molar-refractivity contribution in [3.63, 3.8) is 0 Å². The van der Waals surface area contributed by atoms with Crippen molar-refractivity contribution in [2.75, 3.05) is 10.0 Å². The van der Waals surface area contributed by atoms with Crippen molar-refractivity contribution in [2.24, 2.45) is 0 Å². The molecule has 0 bridgehead atoms. The smallest absolute Gasteiger partial charge is 0.261 e. The van der Waals surface area contributed by atoms with Crippen molar-refractivity contribution < 1.29 is 26.4 Å². The normalized spacial score (nSPS) is 11.2. The van der Waals surface area contributed by atoms with E-state index in [2.05, 4.69) is 10.0 Å². The van der Waals surface area contributed by atoms with Gasteiger partial charge in [-0.1, -0.05) is 17.7 Å². The van der Waals surface area contributed by atoms with E-state index in [-0.39, 0.29) is 10.5 Å². The van der Waals surface area contributed by atoms with Crippen LogP contribution in [0, 0.1) is 24.4 Å². The zero-order chi connectivity index (χ0) is 21.2. The molecular weight excluding hydrogens is 405 g/mol. The van der Waals surface area contributed by atoms with Crippen molar-refractivity contribution in [2.45, 2.75) is 11.8 Å². The number of amides is 1. The van der Waals surface area contributed by atoms with E-state index in [4.69, 9.17) is 0 Å². The maximum absolute atomic E-state index is 13.6. The third-order valence-electron chi connectivity index (χ3n) is 3.99. The van der Waals surface area contributed by atoms with Crippen LogP contribution < -0.4 is 10.0 Å². The van der Waals surface area contributed by atoms with Gasteiger partial charge in [0, 0.05) is 23.4 Å². The van der Waals surface area contributed by atoms with Crippen LogP contribution in [0.2, 0.25) is 0 Å². The molecule has 150 valence electrons. The van der Waals surface area contributed by atoms with Gasteiger partial charge in [0.05, 0.1) is 10.6 Å². The summed E-state index contributed by atoms with van der Waals surface area (Å²) in [6, 6.07) is 12.4. The predicted molar refractivity (Wildman–Crippen MR) is 103 cm³/mol. The maximum Gasteiger partial charge on any atom is 0.261 e. The summed E-state index contributed by atoms with van der Waals surface area (Å²) >= 11 is 0. The quantitative estimate of drug-likeness (QED) is 0.599. The molecule has 0 saturated carbocycles. The summed E-state index contributed by atoms with van der Waals surface area (Å²) in [7, 11) is -3.88. The summed E-state index contributed by atoms with van der Waals surface area (Å²) in [6.07, 6.45) is 0. The Balaban J connectivity index is 1.76. The van der Waals surface area contributed by atoms with Gasteiger partial charge in [-0.15, -0.1) is 0 Å². The lowest BCUT2D eigenvalue weighted by Gasteiger charge is -2.10. The van der Waals surface area contributed by atoms with Crippen LogP contribution in [0.15, 0.2) is 65.6 Å². The van der Waals surface area contributed by atoms with E-state index in [1.807, 2.05) is 6.92 Å². The van der Waals surface area contributed by atoms with Crippen molar-refractivity contribution in [1.29, 1.82) is 0 Å². The lowest BCUT2D eigenvalue weighted by atomic mass is 10.2. The standard InChI is InChI=1S/C20H15F3N2O3S/c1-12-2-6-14(7-3-12)25-29(27,28)15-8-4-13(5-9-15)20(26)24-19-11-17(22)16(21)10-18(19)23/h2-11,25H,1H3,(H,24,26). The van der Waals surface area contributed by atoms with E-state index in [1.54, 1.807) is 24.3 Å². The molecule has 5 nitrogen and oxygen atoms in total. The highest BCUT2D eigenvalue weighted by molar-refractivity contribution is 7.92. The zero-order valence-corrected chi connectivity index (χ0v) is 15.9. The fraction of sp³-hybridized carbons (Fsp3) is 0.0500. The topological polar surface area (TPSA) is 75.3 Å². The minimum atomic E-state index is -3.88. The first-order valence-electron chi connectivity index (χ1n) is 8.31. The van der Waals surface area contributed by atoms with E-state index >= 15 is 0 Å². The van der Waals surface area contributed by atoms with Crippen LogP contribution in [-0.4, -0.2) is 14.3 Å². The highest BCUT2D eigenvalue weighted by atomic mass is 32.2. The molecule has 0 atom stereocenters. The Kier molecular flexibility index (Phi) is 5.60. The minimum Gasteiger partial charge on any atom is -0.319 e. The highest BCUT2D eigenvalue weighted by Crippen LogP contribution is 2.21. The number of nitrogens with one attached hydrogen (secondary N) is 2. The molecule has 3 aromatic rings. The molecular formula is C20H15F3N2O3S. The molecule has 0 radical (unpaired) electrons. The second kappa shape index (κ2) is 7.96. The Bertz CT molecular complexity index is 1160. The molecule has 1 amide bonds. The Morgan fingerprint density at radius 3 is 2.03 bits per heavy atom. The molecule has 29 heavy (non-hydrogen) atoms. The van der Waals surface area contributed by atoms with Crippen molar-refractivity contribution in [1.82, 2.24) is 0 Å². The number of benzene rings is 3. The van der Waals surface area contributed by atoms with E-state index in [1.165, 1.54) is 24.3 Å². The number of aryl methyl sites for hydroxylation is 1. The summed E-state index contributed by atoms with van der Waals surface area (Å²) < 4.78 is 67.1. The molecule has 0 saturated heterocycles. The molecule has 0 aromatic heterocycles. The van der Waals surface area contributed by atoms with Crippen LogP contribution in [0.5, 0.6) is 0 Å². The van der Waals surface area contributed by atoms with Crippen LogP contribution in [0.3, 0.4) is 0 Å². The molecule has 3 aromatic carbocycles. The first kappa shape index (κ1) is 20.4. The Morgan fingerprint density at radius 1 is 0.828 bits per heavy atom. The molecule has 0 unspecified atom stereocenters. The van der Waals surface area contributed by atoms with Gasteiger partial charge in [0.25, 0.3) is 15.9 Å². The van der Waals surface area contributed by atoms with Gasteiger partial charge in [-0.25, -0.2) is 21.6 Å². The number of carbonyl (C=O) groups excluding carboxylic acids is 1. The summed E-state index contributed by atoms with van der Waals surface area (Å²) in [4.78, 5) is 12.1. The molecule has 0 fully saturated rings. The number of anilines is 2. The van der Waals surface area contributed by atoms with Gasteiger partial charge in [-0.2, -0.15) is 0 Å². The molecule has 0 aliphatic heterocycles. The van der Waals surface area contributed by atoms with Gasteiger partial charge in [-0.05, 0) is 43.3 Å². The SMILES string of the molecule is Cc1ccc(NS(=O)(=O)c2ccc(C(=O)Nc3cc(F)c(F)cc3F)cc2)cc1. The Hall–Kier alpha value is -3.33. The second-order valence-corrected chi connectivity index (χ2v) is 7.88. The fourth-order valence-corrected chi connectivity index (χ4v) is 3.49. The largest absolute Gasteiger partial charge is 0.319 e. The van der Waals surface area contributed by atoms with Crippen molar-refractivity contribution in [3.8, 4) is 0 Å². The van der Waals surface area contributed by atoms with Gasteiger partial charge in [0.1, 0.15) is 5.82 Å². The summed E-state index contributed by atoms with van der Waals surface area (Å²) in [5.74, 6) is -4.65. The average Bonchev–Trinajstić information content (AvgIpc) is 2.68. The molecule has 0 aliphatic rings. The van der Waals surface area contributed by atoms with Gasteiger partial charge >= 0.3 is 0 Å². The van der Waals surface area contributed by atoms with E-state index < -0.39 is 39.1 Å². The number of halogens is 3. The van der Waals surface area contributed by atoms with Gasteiger partial charge in [-0.3, -0.25) is 9.52 Å². The van der Waals surface area contributed by atoms with Crippen molar-refractivity contribution in [3.05, 3.63) is 89.2 Å². The third kappa shape index (κ3) is 4.75. The van der Waals surface area contributed by atoms with E-state index in [0.29, 0.717) is 17.8 Å². The maximum atomic E-state index is 13.6. The van der Waals surface area contributed by atoms with Gasteiger partial charge in [0.2, 0.25) is 0 Å². The van der Waals surface area contributed by atoms with Crippen LogP contribution in [0.25, 0.3) is 0 Å². The zero-order valence-electron chi connectivity index (χ0n) is 15.0. The number of hydrogen-bond donors (Lipinski definition) is 2. The lowest BCUT2D eigenvalue weighted by Crippen LogP contribution is -2.15. The van der Waals surface area contributed by atoms with Crippen LogP contribution in [0.1, 0.15) is 15.9 Å². The average molecular weight is 420 g/mol. The molecule has 3 rings (SSSR count). The Morgan fingerprint density at radius 2 is 1.41 bits per heavy atom. The second-order valence-electron chi connectivity index (χ2n) is 6.20. The minimum absolute atomic E-state index is 0.00317. The monoisotopic (exact) mass is 420 g/mol. The van der Waals surface area contributed by atoms with Crippen LogP contribution in [0.4, 0.5) is 24.5 Å². The summed E-state index contributed by atoms with van der Waals surface area (Å²) in [5, 5.41) is 2.11. The highest BCUT2D eigenvalue weighted by Gasteiger charge is 2.17.